The summed E-state index contributed by atoms with van der Waals surface area (Å²) in [4.78, 5) is 29.0. The molecule has 1 atom stereocenters. The Morgan fingerprint density at radius 3 is 2.16 bits per heavy atom. The van der Waals surface area contributed by atoms with Crippen LogP contribution in [0.25, 0.3) is 0 Å². The van der Waals surface area contributed by atoms with Crippen molar-refractivity contribution in [3.63, 3.8) is 0 Å². The van der Waals surface area contributed by atoms with Crippen LogP contribution in [0.3, 0.4) is 0 Å². The summed E-state index contributed by atoms with van der Waals surface area (Å²) in [5, 5.41) is 3.09. The topological polar surface area (TPSA) is 49.4 Å². The summed E-state index contributed by atoms with van der Waals surface area (Å²) < 4.78 is 0. The molecular weight excluding hydrogens is 476 g/mol. The minimum atomic E-state index is -0.574. The van der Waals surface area contributed by atoms with Crippen molar-refractivity contribution in [2.24, 2.45) is 0 Å². The summed E-state index contributed by atoms with van der Waals surface area (Å²) in [6.45, 7) is 9.38. The second-order valence-electron chi connectivity index (χ2n) is 9.85. The lowest BCUT2D eigenvalue weighted by Crippen LogP contribution is -2.51. The van der Waals surface area contributed by atoms with E-state index in [1.165, 1.54) is 22.3 Å². The van der Waals surface area contributed by atoms with Gasteiger partial charge in [0.2, 0.25) is 11.8 Å². The Labute approximate surface area is 226 Å². The maximum absolute atomic E-state index is 13.7. The van der Waals surface area contributed by atoms with E-state index in [2.05, 4.69) is 63.3 Å². The van der Waals surface area contributed by atoms with Crippen molar-refractivity contribution in [2.75, 3.05) is 12.3 Å². The highest BCUT2D eigenvalue weighted by Crippen LogP contribution is 2.20. The van der Waals surface area contributed by atoms with Crippen molar-refractivity contribution in [1.82, 2.24) is 10.2 Å². The van der Waals surface area contributed by atoms with Gasteiger partial charge in [0.05, 0.1) is 5.75 Å². The third kappa shape index (κ3) is 9.40. The number of carbonyl (C=O) groups is 2. The first kappa shape index (κ1) is 28.5. The lowest BCUT2D eigenvalue weighted by atomic mass is 10.0. The average Bonchev–Trinajstić information content (AvgIpc) is 2.87. The van der Waals surface area contributed by atoms with Crippen molar-refractivity contribution in [3.05, 3.63) is 106 Å². The highest BCUT2D eigenvalue weighted by molar-refractivity contribution is 7.99. The van der Waals surface area contributed by atoms with Gasteiger partial charge in [-0.2, -0.15) is 0 Å². The number of aryl methyl sites for hydroxylation is 3. The molecule has 3 aromatic carbocycles. The lowest BCUT2D eigenvalue weighted by molar-refractivity contribution is -0.139. The Morgan fingerprint density at radius 2 is 1.51 bits per heavy atom. The van der Waals surface area contributed by atoms with Gasteiger partial charge in [-0.15, -0.1) is 11.8 Å². The molecule has 0 radical (unpaired) electrons. The van der Waals surface area contributed by atoms with Crippen LogP contribution in [-0.2, 0) is 28.3 Å². The lowest BCUT2D eigenvalue weighted by Gasteiger charge is -2.31. The molecule has 0 aliphatic carbocycles. The van der Waals surface area contributed by atoms with Crippen LogP contribution in [0.5, 0.6) is 0 Å². The van der Waals surface area contributed by atoms with Gasteiger partial charge in [-0.25, -0.2) is 0 Å². The Kier molecular flexibility index (Phi) is 11.3. The maximum Gasteiger partial charge on any atom is 0.243 e. The van der Waals surface area contributed by atoms with E-state index in [0.29, 0.717) is 25.3 Å². The number of carbonyl (C=O) groups excluding carboxylic acids is 2. The van der Waals surface area contributed by atoms with Crippen LogP contribution >= 0.6 is 11.8 Å². The zero-order valence-electron chi connectivity index (χ0n) is 22.6. The predicted molar refractivity (Wildman–Crippen MR) is 156 cm³/mol. The molecule has 0 fully saturated rings. The SMILES string of the molecule is CCCCNC(=O)[C@H](Cc1ccccc1)N(Cc1ccc(C)cc1)C(=O)CSCc1cc(C)cc(C)c1. The fraction of sp³-hybridized carbons (Fsp3) is 0.375. The minimum absolute atomic E-state index is 0.0125. The second-order valence-corrected chi connectivity index (χ2v) is 10.8. The molecular formula is C32H40N2O2S. The van der Waals surface area contributed by atoms with Crippen LogP contribution in [0.4, 0.5) is 0 Å². The molecule has 0 spiro atoms. The standard InChI is InChI=1S/C32H40N2O2S/c1-5-6-16-33-32(36)30(20-27-10-8-7-9-11-27)34(21-28-14-12-24(2)13-15-28)31(35)23-37-22-29-18-25(3)17-26(4)19-29/h7-15,17-19,30H,5-6,16,20-23H2,1-4H3,(H,33,36)/t30-/m0/s1. The van der Waals surface area contributed by atoms with E-state index in [9.17, 15) is 9.59 Å². The van der Waals surface area contributed by atoms with Gasteiger partial charge in [-0.3, -0.25) is 9.59 Å². The third-order valence-electron chi connectivity index (χ3n) is 6.35. The summed E-state index contributed by atoms with van der Waals surface area (Å²) in [5.41, 5.74) is 6.92. The molecule has 0 saturated heterocycles. The van der Waals surface area contributed by atoms with Gasteiger partial charge in [0.15, 0.2) is 0 Å². The normalized spacial score (nSPS) is 11.7. The Hall–Kier alpha value is -3.05. The first-order valence-corrected chi connectivity index (χ1v) is 14.3. The van der Waals surface area contributed by atoms with Gasteiger partial charge >= 0.3 is 0 Å². The van der Waals surface area contributed by atoms with Gasteiger partial charge < -0.3 is 10.2 Å². The molecule has 1 N–H and O–H groups in total. The molecule has 2 amide bonds. The number of rotatable bonds is 13. The number of hydrogen-bond donors (Lipinski definition) is 1. The van der Waals surface area contributed by atoms with Crippen molar-refractivity contribution >= 4 is 23.6 Å². The van der Waals surface area contributed by atoms with Crippen LogP contribution < -0.4 is 5.32 Å². The van der Waals surface area contributed by atoms with Crippen molar-refractivity contribution in [3.8, 4) is 0 Å². The molecule has 0 saturated carbocycles. The summed E-state index contributed by atoms with van der Waals surface area (Å²) in [6.07, 6.45) is 2.41. The van der Waals surface area contributed by atoms with Crippen molar-refractivity contribution in [1.29, 1.82) is 0 Å². The Bertz CT molecular complexity index is 1120. The second kappa shape index (κ2) is 14.6. The number of benzene rings is 3. The average molecular weight is 517 g/mol. The molecule has 0 aliphatic rings. The molecule has 0 bridgehead atoms. The quantitative estimate of drug-likeness (QED) is 0.267. The summed E-state index contributed by atoms with van der Waals surface area (Å²) in [7, 11) is 0. The molecule has 0 aromatic heterocycles. The van der Waals surface area contributed by atoms with Crippen molar-refractivity contribution < 1.29 is 9.59 Å². The van der Waals surface area contributed by atoms with E-state index in [0.717, 1.165) is 29.7 Å². The number of nitrogens with zero attached hydrogens (tertiary/aromatic N) is 1. The zero-order valence-corrected chi connectivity index (χ0v) is 23.4. The Morgan fingerprint density at radius 1 is 0.838 bits per heavy atom. The van der Waals surface area contributed by atoms with E-state index >= 15 is 0 Å². The monoisotopic (exact) mass is 516 g/mol. The molecule has 4 nitrogen and oxygen atoms in total. The highest BCUT2D eigenvalue weighted by Gasteiger charge is 2.30. The molecule has 0 aliphatic heterocycles. The third-order valence-corrected chi connectivity index (χ3v) is 7.34. The van der Waals surface area contributed by atoms with Gasteiger partial charge in [0.25, 0.3) is 0 Å². The van der Waals surface area contributed by atoms with E-state index < -0.39 is 6.04 Å². The van der Waals surface area contributed by atoms with E-state index in [1.54, 1.807) is 16.7 Å². The van der Waals surface area contributed by atoms with Gasteiger partial charge in [0.1, 0.15) is 6.04 Å². The number of hydrogen-bond acceptors (Lipinski definition) is 3. The molecule has 3 rings (SSSR count). The summed E-state index contributed by atoms with van der Waals surface area (Å²) in [6, 6.07) is 24.1. The number of unbranched alkanes of at least 4 members (excludes halogenated alkanes) is 1. The van der Waals surface area contributed by atoms with E-state index in [1.807, 2.05) is 42.5 Å². The summed E-state index contributed by atoms with van der Waals surface area (Å²) >= 11 is 1.61. The zero-order chi connectivity index (χ0) is 26.6. The Balaban J connectivity index is 1.82. The van der Waals surface area contributed by atoms with Crippen LogP contribution in [0.1, 0.15) is 53.1 Å². The highest BCUT2D eigenvalue weighted by atomic mass is 32.2. The van der Waals surface area contributed by atoms with Gasteiger partial charge in [-0.05, 0) is 43.9 Å². The van der Waals surface area contributed by atoms with Crippen LogP contribution in [0.15, 0.2) is 72.8 Å². The largest absolute Gasteiger partial charge is 0.354 e. The first-order chi connectivity index (χ1) is 17.9. The molecule has 0 unspecified atom stereocenters. The smallest absolute Gasteiger partial charge is 0.243 e. The fourth-order valence-electron chi connectivity index (χ4n) is 4.44. The van der Waals surface area contributed by atoms with Crippen molar-refractivity contribution in [2.45, 2.75) is 65.3 Å². The van der Waals surface area contributed by atoms with Crippen LogP contribution in [0, 0.1) is 20.8 Å². The molecule has 5 heteroatoms. The molecule has 0 heterocycles. The summed E-state index contributed by atoms with van der Waals surface area (Å²) in [5.74, 6) is 0.990. The van der Waals surface area contributed by atoms with E-state index in [4.69, 9.17) is 0 Å². The number of nitrogens with one attached hydrogen (secondary N) is 1. The van der Waals surface area contributed by atoms with E-state index in [-0.39, 0.29) is 11.8 Å². The number of amides is 2. The predicted octanol–water partition coefficient (Wildman–Crippen LogP) is 6.40. The molecule has 3 aromatic rings. The number of thioether (sulfide) groups is 1. The van der Waals surface area contributed by atoms with Gasteiger partial charge in [0, 0.05) is 25.3 Å². The minimum Gasteiger partial charge on any atom is -0.354 e. The fourth-order valence-corrected chi connectivity index (χ4v) is 5.29. The molecule has 37 heavy (non-hydrogen) atoms. The maximum atomic E-state index is 13.7. The van der Waals surface area contributed by atoms with Crippen LogP contribution in [-0.4, -0.2) is 35.1 Å². The molecule has 196 valence electrons. The first-order valence-electron chi connectivity index (χ1n) is 13.2. The van der Waals surface area contributed by atoms with Gasteiger partial charge in [-0.1, -0.05) is 103 Å². The van der Waals surface area contributed by atoms with Crippen LogP contribution in [0.2, 0.25) is 0 Å².